The maximum atomic E-state index is 10.8. The van der Waals surface area contributed by atoms with Crippen LogP contribution in [0.1, 0.15) is 19.4 Å². The summed E-state index contributed by atoms with van der Waals surface area (Å²) in [5, 5.41) is 2.98. The zero-order valence-electron chi connectivity index (χ0n) is 12.5. The van der Waals surface area contributed by atoms with Gasteiger partial charge in [-0.25, -0.2) is 0 Å². The molecule has 0 saturated carbocycles. The van der Waals surface area contributed by atoms with Crippen LogP contribution in [0.15, 0.2) is 54.6 Å². The zero-order chi connectivity index (χ0) is 14.8. The summed E-state index contributed by atoms with van der Waals surface area (Å²) in [7, 11) is 1.80. The number of nitrogens with one attached hydrogen (secondary N) is 1. The van der Waals surface area contributed by atoms with Crippen LogP contribution in [-0.2, 0) is 11.2 Å². The molecule has 2 heteroatoms. The lowest BCUT2D eigenvalue weighted by atomic mass is 10.0. The Balaban J connectivity index is 0.000000956. The van der Waals surface area contributed by atoms with Gasteiger partial charge in [-0.3, -0.25) is 0 Å². The molecule has 0 radical (unpaired) electrons. The van der Waals surface area contributed by atoms with Crippen molar-refractivity contribution in [2.75, 3.05) is 7.05 Å². The Hall–Kier alpha value is -1.93. The molecule has 2 nitrogen and oxygen atoms in total. The van der Waals surface area contributed by atoms with E-state index in [0.29, 0.717) is 0 Å². The molecule has 2 aromatic rings. The average molecular weight is 269 g/mol. The van der Waals surface area contributed by atoms with E-state index in [2.05, 4.69) is 41.7 Å². The highest BCUT2D eigenvalue weighted by Gasteiger charge is 2.05. The maximum Gasteiger partial charge on any atom is 0.137 e. The van der Waals surface area contributed by atoms with E-state index in [9.17, 15) is 4.79 Å². The van der Waals surface area contributed by atoms with Crippen LogP contribution < -0.4 is 5.32 Å². The highest BCUT2D eigenvalue weighted by atomic mass is 16.1. The normalized spacial score (nSPS) is 11.2. The van der Waals surface area contributed by atoms with E-state index in [1.165, 1.54) is 16.7 Å². The predicted molar refractivity (Wildman–Crippen MR) is 85.8 cm³/mol. The molecule has 1 unspecified atom stereocenters. The third kappa shape index (κ3) is 4.63. The molecule has 0 fully saturated rings. The van der Waals surface area contributed by atoms with Gasteiger partial charge in [-0.05, 0) is 30.2 Å². The van der Waals surface area contributed by atoms with Crippen LogP contribution in [0.3, 0.4) is 0 Å². The highest BCUT2D eigenvalue weighted by Crippen LogP contribution is 2.19. The Morgan fingerprint density at radius 2 is 1.50 bits per heavy atom. The van der Waals surface area contributed by atoms with Crippen molar-refractivity contribution in [3.63, 3.8) is 0 Å². The van der Waals surface area contributed by atoms with Gasteiger partial charge in [-0.15, -0.1) is 0 Å². The second kappa shape index (κ2) is 9.05. The fourth-order valence-electron chi connectivity index (χ4n) is 1.94. The summed E-state index contributed by atoms with van der Waals surface area (Å²) in [6.45, 7) is 4.00. The number of aldehydes is 1. The van der Waals surface area contributed by atoms with E-state index in [4.69, 9.17) is 0 Å². The molecule has 0 saturated heterocycles. The molecule has 1 N–H and O–H groups in total. The third-order valence-corrected chi connectivity index (χ3v) is 3.05. The van der Waals surface area contributed by atoms with Gasteiger partial charge in [0.05, 0.1) is 6.04 Å². The van der Waals surface area contributed by atoms with Crippen LogP contribution in [0.2, 0.25) is 0 Å². The molecule has 0 bridgehead atoms. The van der Waals surface area contributed by atoms with Crippen molar-refractivity contribution in [2.24, 2.45) is 0 Å². The van der Waals surface area contributed by atoms with Gasteiger partial charge in [-0.1, -0.05) is 68.4 Å². The van der Waals surface area contributed by atoms with Crippen LogP contribution >= 0.6 is 0 Å². The van der Waals surface area contributed by atoms with Gasteiger partial charge < -0.3 is 10.1 Å². The zero-order valence-corrected chi connectivity index (χ0v) is 12.5. The predicted octanol–water partition coefficient (Wildman–Crippen LogP) is 3.71. The first kappa shape index (κ1) is 16.1. The van der Waals surface area contributed by atoms with Gasteiger partial charge in [0.25, 0.3) is 0 Å². The van der Waals surface area contributed by atoms with Crippen molar-refractivity contribution >= 4 is 6.29 Å². The molecule has 0 aliphatic heterocycles. The van der Waals surface area contributed by atoms with Crippen molar-refractivity contribution in [3.05, 3.63) is 60.2 Å². The monoisotopic (exact) mass is 269 g/mol. The van der Waals surface area contributed by atoms with E-state index in [1.807, 2.05) is 32.0 Å². The number of hydrogen-bond donors (Lipinski definition) is 1. The molecule has 2 rings (SSSR count). The van der Waals surface area contributed by atoms with Crippen molar-refractivity contribution in [3.8, 4) is 11.1 Å². The second-order valence-corrected chi connectivity index (χ2v) is 4.30. The maximum absolute atomic E-state index is 10.8. The Morgan fingerprint density at radius 3 is 2.00 bits per heavy atom. The first-order chi connectivity index (χ1) is 9.83. The smallest absolute Gasteiger partial charge is 0.137 e. The molecular formula is C18H23NO. The molecule has 2 aromatic carbocycles. The van der Waals surface area contributed by atoms with Gasteiger partial charge in [0, 0.05) is 0 Å². The summed E-state index contributed by atoms with van der Waals surface area (Å²) in [5.41, 5.74) is 3.58. The Labute approximate surface area is 121 Å². The van der Waals surface area contributed by atoms with E-state index >= 15 is 0 Å². The molecule has 0 aromatic heterocycles. The lowest BCUT2D eigenvalue weighted by Gasteiger charge is -2.09. The summed E-state index contributed by atoms with van der Waals surface area (Å²) >= 11 is 0. The van der Waals surface area contributed by atoms with E-state index < -0.39 is 0 Å². The van der Waals surface area contributed by atoms with E-state index in [0.717, 1.165) is 12.7 Å². The van der Waals surface area contributed by atoms with Crippen molar-refractivity contribution in [1.82, 2.24) is 5.32 Å². The fourth-order valence-corrected chi connectivity index (χ4v) is 1.94. The highest BCUT2D eigenvalue weighted by molar-refractivity contribution is 5.64. The summed E-state index contributed by atoms with van der Waals surface area (Å²) < 4.78 is 0. The molecule has 20 heavy (non-hydrogen) atoms. The van der Waals surface area contributed by atoms with Gasteiger partial charge in [0.2, 0.25) is 0 Å². The lowest BCUT2D eigenvalue weighted by molar-refractivity contribution is -0.109. The molecule has 0 aliphatic carbocycles. The van der Waals surface area contributed by atoms with Crippen LogP contribution in [0, 0.1) is 0 Å². The number of carbonyl (C=O) groups is 1. The molecule has 0 heterocycles. The number of hydrogen-bond acceptors (Lipinski definition) is 2. The first-order valence-electron chi connectivity index (χ1n) is 7.10. The largest absolute Gasteiger partial charge is 0.311 e. The fraction of sp³-hybridized carbons (Fsp3) is 0.278. The molecule has 106 valence electrons. The van der Waals surface area contributed by atoms with Gasteiger partial charge in [0.15, 0.2) is 0 Å². The van der Waals surface area contributed by atoms with Gasteiger partial charge >= 0.3 is 0 Å². The minimum atomic E-state index is -0.104. The Kier molecular flexibility index (Phi) is 7.30. The van der Waals surface area contributed by atoms with Gasteiger partial charge in [0.1, 0.15) is 6.29 Å². The topological polar surface area (TPSA) is 29.1 Å². The van der Waals surface area contributed by atoms with Crippen LogP contribution in [0.25, 0.3) is 11.1 Å². The van der Waals surface area contributed by atoms with Crippen molar-refractivity contribution in [1.29, 1.82) is 0 Å². The standard InChI is InChI=1S/C16H17NO.C2H6/c1-17-16(12-18)11-13-7-9-15(10-8-13)14-5-3-2-4-6-14;1-2/h2-10,12,16-17H,11H2,1H3;1-2H3. The third-order valence-electron chi connectivity index (χ3n) is 3.05. The molecule has 1 atom stereocenters. The number of carbonyl (C=O) groups excluding carboxylic acids is 1. The summed E-state index contributed by atoms with van der Waals surface area (Å²) in [6, 6.07) is 18.5. The van der Waals surface area contributed by atoms with Crippen molar-refractivity contribution in [2.45, 2.75) is 26.3 Å². The second-order valence-electron chi connectivity index (χ2n) is 4.30. The summed E-state index contributed by atoms with van der Waals surface area (Å²) in [5.74, 6) is 0. The van der Waals surface area contributed by atoms with Crippen molar-refractivity contribution < 1.29 is 4.79 Å². The van der Waals surface area contributed by atoms with E-state index in [-0.39, 0.29) is 6.04 Å². The SMILES string of the molecule is CC.CNC(C=O)Cc1ccc(-c2ccccc2)cc1. The number of rotatable bonds is 5. The minimum absolute atomic E-state index is 0.104. The van der Waals surface area contributed by atoms with Crippen LogP contribution in [0.4, 0.5) is 0 Å². The quantitative estimate of drug-likeness (QED) is 0.838. The molecule has 0 amide bonds. The Morgan fingerprint density at radius 1 is 0.950 bits per heavy atom. The molecule has 0 aliphatic rings. The summed E-state index contributed by atoms with van der Waals surface area (Å²) in [6.07, 6.45) is 1.68. The van der Waals surface area contributed by atoms with Crippen LogP contribution in [-0.4, -0.2) is 19.4 Å². The number of benzene rings is 2. The summed E-state index contributed by atoms with van der Waals surface area (Å²) in [4.78, 5) is 10.8. The molecule has 0 spiro atoms. The van der Waals surface area contributed by atoms with Crippen LogP contribution in [0.5, 0.6) is 0 Å². The minimum Gasteiger partial charge on any atom is -0.311 e. The average Bonchev–Trinajstić information content (AvgIpc) is 2.56. The number of likely N-dealkylation sites (N-methyl/N-ethyl adjacent to an activating group) is 1. The first-order valence-corrected chi connectivity index (χ1v) is 7.10. The Bertz CT molecular complexity index is 491. The molecular weight excluding hydrogens is 246 g/mol. The van der Waals surface area contributed by atoms with E-state index in [1.54, 1.807) is 7.05 Å². The van der Waals surface area contributed by atoms with Gasteiger partial charge in [-0.2, -0.15) is 0 Å². The lowest BCUT2D eigenvalue weighted by Crippen LogP contribution is -2.28.